The molecule has 3 aliphatic heterocycles. The molecule has 2 aromatic rings. The van der Waals surface area contributed by atoms with Gasteiger partial charge in [-0.15, -0.1) is 0 Å². The number of nitrogens with zero attached hydrogens (tertiary/aromatic N) is 1. The zero-order valence-corrected chi connectivity index (χ0v) is 16.7. The quantitative estimate of drug-likeness (QED) is 0.732. The van der Waals surface area contributed by atoms with Gasteiger partial charge >= 0.3 is 6.03 Å². The summed E-state index contributed by atoms with van der Waals surface area (Å²) in [5.41, 5.74) is -0.112. The highest BCUT2D eigenvalue weighted by Gasteiger charge is 2.55. The highest BCUT2D eigenvalue weighted by atomic mass is 16.5. The lowest BCUT2D eigenvalue weighted by Crippen LogP contribution is -2.48. The number of carbonyl (C=O) groups excluding carboxylic acids is 3. The summed E-state index contributed by atoms with van der Waals surface area (Å²) in [5, 5.41) is 5.50. The van der Waals surface area contributed by atoms with Gasteiger partial charge in [0.15, 0.2) is 17.0 Å². The summed E-state index contributed by atoms with van der Waals surface area (Å²) < 4.78 is 16.8. The minimum Gasteiger partial charge on any atom is -0.493 e. The second-order valence-corrected chi connectivity index (χ2v) is 7.58. The van der Waals surface area contributed by atoms with Crippen LogP contribution in [0.3, 0.4) is 0 Å². The van der Waals surface area contributed by atoms with Gasteiger partial charge in [-0.25, -0.2) is 4.79 Å². The summed E-state index contributed by atoms with van der Waals surface area (Å²) in [6, 6.07) is 11.6. The van der Waals surface area contributed by atoms with Gasteiger partial charge in [-0.05, 0) is 18.2 Å². The fourth-order valence-electron chi connectivity index (χ4n) is 4.10. The Hall–Kier alpha value is -3.75. The second-order valence-electron chi connectivity index (χ2n) is 7.58. The van der Waals surface area contributed by atoms with E-state index in [1.165, 1.54) is 0 Å². The largest absolute Gasteiger partial charge is 0.493 e. The fraction of sp³-hybridized carbons (Fsp3) is 0.318. The van der Waals surface area contributed by atoms with Crippen molar-refractivity contribution in [3.63, 3.8) is 0 Å². The van der Waals surface area contributed by atoms with E-state index in [4.69, 9.17) is 14.2 Å². The summed E-state index contributed by atoms with van der Waals surface area (Å²) in [6.45, 7) is 0.991. The minimum atomic E-state index is -1.21. The molecule has 160 valence electrons. The van der Waals surface area contributed by atoms with Crippen molar-refractivity contribution in [2.45, 2.75) is 18.4 Å². The molecule has 1 spiro atoms. The van der Waals surface area contributed by atoms with E-state index in [-0.39, 0.29) is 0 Å². The van der Waals surface area contributed by atoms with E-state index in [0.717, 1.165) is 11.3 Å². The number of hydrogen-bond acceptors (Lipinski definition) is 6. The van der Waals surface area contributed by atoms with Gasteiger partial charge in [0.1, 0.15) is 12.3 Å². The topological polar surface area (TPSA) is 106 Å². The number of rotatable bonds is 3. The Balaban J connectivity index is 1.32. The zero-order chi connectivity index (χ0) is 21.4. The van der Waals surface area contributed by atoms with Crippen molar-refractivity contribution in [3.05, 3.63) is 48.0 Å². The number of imide groups is 1. The summed E-state index contributed by atoms with van der Waals surface area (Å²) >= 11 is 0. The third kappa shape index (κ3) is 3.31. The highest BCUT2D eigenvalue weighted by molar-refractivity contribution is 6.10. The molecule has 5 rings (SSSR count). The summed E-state index contributed by atoms with van der Waals surface area (Å²) in [4.78, 5) is 39.4. The number of anilines is 1. The number of benzene rings is 2. The molecule has 0 aromatic heterocycles. The molecule has 3 heterocycles. The number of hydrogen-bond donors (Lipinski definition) is 2. The lowest BCUT2D eigenvalue weighted by molar-refractivity contribution is -0.135. The monoisotopic (exact) mass is 423 g/mol. The van der Waals surface area contributed by atoms with Gasteiger partial charge in [0.25, 0.3) is 5.91 Å². The van der Waals surface area contributed by atoms with Crippen molar-refractivity contribution < 1.29 is 28.6 Å². The number of carbonyl (C=O) groups is 3. The van der Waals surface area contributed by atoms with Crippen LogP contribution in [0.2, 0.25) is 0 Å². The van der Waals surface area contributed by atoms with Gasteiger partial charge < -0.3 is 24.8 Å². The van der Waals surface area contributed by atoms with Crippen LogP contribution in [0.15, 0.2) is 42.5 Å². The third-order valence-corrected chi connectivity index (χ3v) is 5.59. The first kappa shape index (κ1) is 19.2. The molecule has 2 aromatic carbocycles. The first-order chi connectivity index (χ1) is 15.1. The van der Waals surface area contributed by atoms with Gasteiger partial charge in [-0.3, -0.25) is 14.5 Å². The van der Waals surface area contributed by atoms with Crippen LogP contribution in [-0.2, 0) is 15.1 Å². The van der Waals surface area contributed by atoms with Gasteiger partial charge in [-0.1, -0.05) is 18.2 Å². The number of ether oxygens (including phenoxy) is 3. The van der Waals surface area contributed by atoms with Gasteiger partial charge in [-0.2, -0.15) is 0 Å². The number of nitrogens with one attached hydrogen (secondary N) is 2. The van der Waals surface area contributed by atoms with Crippen LogP contribution in [0.5, 0.6) is 17.2 Å². The van der Waals surface area contributed by atoms with Crippen LogP contribution in [0.25, 0.3) is 0 Å². The van der Waals surface area contributed by atoms with Crippen LogP contribution in [0.1, 0.15) is 18.4 Å². The second kappa shape index (κ2) is 7.50. The lowest BCUT2D eigenvalue weighted by Gasteiger charge is -2.33. The number of fused-ring (bicyclic) bond motifs is 3. The standard InChI is InChI=1S/C22H21N3O6/c26-19(23-14-6-7-17-18(12-14)30-10-3-9-29-17)13-25-20(27)22(24-21(25)28)8-11-31-16-5-2-1-4-15(16)22/h1-2,4-7,12H,3,8-11,13H2,(H,23,26)(H,24,28)/t22-/m1/s1. The predicted molar refractivity (Wildman–Crippen MR) is 109 cm³/mol. The smallest absolute Gasteiger partial charge is 0.325 e. The molecule has 2 N–H and O–H groups in total. The lowest BCUT2D eigenvalue weighted by atomic mass is 9.84. The Labute approximate surface area is 178 Å². The zero-order valence-electron chi connectivity index (χ0n) is 16.7. The van der Waals surface area contributed by atoms with Crippen molar-refractivity contribution in [1.29, 1.82) is 0 Å². The van der Waals surface area contributed by atoms with Gasteiger partial charge in [0.05, 0.1) is 19.8 Å². The Morgan fingerprint density at radius 3 is 2.65 bits per heavy atom. The van der Waals surface area contributed by atoms with E-state index in [1.54, 1.807) is 42.5 Å². The van der Waals surface area contributed by atoms with E-state index < -0.39 is 29.9 Å². The van der Waals surface area contributed by atoms with E-state index >= 15 is 0 Å². The van der Waals surface area contributed by atoms with Crippen molar-refractivity contribution >= 4 is 23.5 Å². The van der Waals surface area contributed by atoms with Crippen LogP contribution in [-0.4, -0.2) is 49.1 Å². The number of amides is 4. The summed E-state index contributed by atoms with van der Waals surface area (Å²) in [6.07, 6.45) is 1.08. The molecule has 0 bridgehead atoms. The highest BCUT2D eigenvalue weighted by Crippen LogP contribution is 2.41. The van der Waals surface area contributed by atoms with E-state index in [1.807, 2.05) is 0 Å². The van der Waals surface area contributed by atoms with Crippen molar-refractivity contribution in [2.75, 3.05) is 31.7 Å². The molecule has 0 aliphatic carbocycles. The molecule has 0 saturated carbocycles. The van der Waals surface area contributed by atoms with Crippen LogP contribution in [0, 0.1) is 0 Å². The third-order valence-electron chi connectivity index (χ3n) is 5.59. The molecule has 1 saturated heterocycles. The predicted octanol–water partition coefficient (Wildman–Crippen LogP) is 2.02. The maximum Gasteiger partial charge on any atom is 0.325 e. The Morgan fingerprint density at radius 1 is 1.00 bits per heavy atom. The Bertz CT molecular complexity index is 1070. The summed E-state index contributed by atoms with van der Waals surface area (Å²) in [5.74, 6) is 0.770. The summed E-state index contributed by atoms with van der Waals surface area (Å²) in [7, 11) is 0. The minimum absolute atomic E-state index is 0.292. The Morgan fingerprint density at radius 2 is 1.77 bits per heavy atom. The number of para-hydroxylation sites is 1. The molecule has 9 heteroatoms. The average molecular weight is 423 g/mol. The molecule has 31 heavy (non-hydrogen) atoms. The first-order valence-electron chi connectivity index (χ1n) is 10.1. The van der Waals surface area contributed by atoms with Crippen LogP contribution in [0.4, 0.5) is 10.5 Å². The van der Waals surface area contributed by atoms with E-state index in [9.17, 15) is 14.4 Å². The molecule has 9 nitrogen and oxygen atoms in total. The Kier molecular flexibility index (Phi) is 4.65. The van der Waals surface area contributed by atoms with Crippen LogP contribution < -0.4 is 24.8 Å². The van der Waals surface area contributed by atoms with Crippen LogP contribution >= 0.6 is 0 Å². The van der Waals surface area contributed by atoms with Crippen molar-refractivity contribution in [3.8, 4) is 17.2 Å². The molecule has 4 amide bonds. The first-order valence-corrected chi connectivity index (χ1v) is 10.1. The van der Waals surface area contributed by atoms with Gasteiger partial charge in [0.2, 0.25) is 5.91 Å². The average Bonchev–Trinajstić information content (AvgIpc) is 2.93. The molecule has 1 atom stereocenters. The SMILES string of the molecule is O=C(CN1C(=O)N[C@@]2(CCOc3ccccc32)C1=O)Nc1ccc2c(c1)OCCCO2. The number of urea groups is 1. The van der Waals surface area contributed by atoms with E-state index in [0.29, 0.717) is 54.7 Å². The van der Waals surface area contributed by atoms with Crippen molar-refractivity contribution in [2.24, 2.45) is 0 Å². The molecule has 0 unspecified atom stereocenters. The molecule has 0 radical (unpaired) electrons. The van der Waals surface area contributed by atoms with E-state index in [2.05, 4.69) is 10.6 Å². The van der Waals surface area contributed by atoms with Crippen molar-refractivity contribution in [1.82, 2.24) is 10.2 Å². The fourth-order valence-corrected chi connectivity index (χ4v) is 4.10. The maximum atomic E-state index is 13.2. The molecular weight excluding hydrogens is 402 g/mol. The molecule has 1 fully saturated rings. The normalized spacial score (nSPS) is 21.7. The maximum absolute atomic E-state index is 13.2. The molecular formula is C22H21N3O6. The van der Waals surface area contributed by atoms with Gasteiger partial charge in [0, 0.05) is 30.2 Å². The molecule has 3 aliphatic rings.